The van der Waals surface area contributed by atoms with Crippen LogP contribution in [0, 0.1) is 0 Å². The first-order valence-electron chi connectivity index (χ1n) is 9.38. The highest BCUT2D eigenvalue weighted by Gasteiger charge is 2.30. The highest BCUT2D eigenvalue weighted by Crippen LogP contribution is 2.31. The van der Waals surface area contributed by atoms with Crippen molar-refractivity contribution in [2.75, 3.05) is 18.0 Å². The number of fused-ring (bicyclic) bond motifs is 1. The number of carbonyl (C=O) groups is 1. The van der Waals surface area contributed by atoms with Gasteiger partial charge in [0.15, 0.2) is 0 Å². The van der Waals surface area contributed by atoms with E-state index in [1.807, 2.05) is 11.8 Å². The standard InChI is InChI=1S/C20H30N2O2/c1-15-9-10-17-6-3-4-8-19(17)21(15)13-11-20(24)22-12-5-7-18(22)14-16(2)23/h3-4,6,8,15-16,18,23H,5,7,9-14H2,1-2H3/t15-,16+,18-/m1/s1. The highest BCUT2D eigenvalue weighted by molar-refractivity contribution is 5.77. The van der Waals surface area contributed by atoms with Crippen molar-refractivity contribution >= 4 is 11.6 Å². The van der Waals surface area contributed by atoms with E-state index < -0.39 is 0 Å². The van der Waals surface area contributed by atoms with Gasteiger partial charge < -0.3 is 14.9 Å². The largest absolute Gasteiger partial charge is 0.393 e. The zero-order valence-corrected chi connectivity index (χ0v) is 14.9. The van der Waals surface area contributed by atoms with Crippen molar-refractivity contribution in [2.24, 2.45) is 0 Å². The van der Waals surface area contributed by atoms with E-state index in [1.165, 1.54) is 11.3 Å². The Bertz CT molecular complexity index is 573. The number of para-hydroxylation sites is 1. The monoisotopic (exact) mass is 330 g/mol. The van der Waals surface area contributed by atoms with Crippen molar-refractivity contribution in [1.29, 1.82) is 0 Å². The maximum absolute atomic E-state index is 12.7. The molecule has 0 unspecified atom stereocenters. The van der Waals surface area contributed by atoms with Crippen LogP contribution in [0.15, 0.2) is 24.3 Å². The van der Waals surface area contributed by atoms with E-state index in [0.717, 1.165) is 38.8 Å². The van der Waals surface area contributed by atoms with Crippen molar-refractivity contribution < 1.29 is 9.90 Å². The predicted octanol–water partition coefficient (Wildman–Crippen LogP) is 2.98. The molecule has 2 aliphatic heterocycles. The fourth-order valence-corrected chi connectivity index (χ4v) is 4.26. The summed E-state index contributed by atoms with van der Waals surface area (Å²) in [6.45, 7) is 5.71. The third-order valence-corrected chi connectivity index (χ3v) is 5.54. The molecular weight excluding hydrogens is 300 g/mol. The molecule has 0 radical (unpaired) electrons. The molecular formula is C20H30N2O2. The maximum atomic E-state index is 12.7. The number of aliphatic hydroxyl groups is 1. The second-order valence-corrected chi connectivity index (χ2v) is 7.43. The van der Waals surface area contributed by atoms with E-state index in [-0.39, 0.29) is 18.1 Å². The summed E-state index contributed by atoms with van der Waals surface area (Å²) >= 11 is 0. The first-order valence-corrected chi connectivity index (χ1v) is 9.38. The number of carbonyl (C=O) groups excluding carboxylic acids is 1. The van der Waals surface area contributed by atoms with Crippen LogP contribution in [0.4, 0.5) is 5.69 Å². The molecule has 24 heavy (non-hydrogen) atoms. The molecule has 0 bridgehead atoms. The van der Waals surface area contributed by atoms with Gasteiger partial charge in [-0.2, -0.15) is 0 Å². The number of anilines is 1. The molecule has 0 saturated carbocycles. The Hall–Kier alpha value is -1.55. The lowest BCUT2D eigenvalue weighted by Gasteiger charge is -2.37. The Morgan fingerprint density at radius 1 is 1.33 bits per heavy atom. The first-order chi connectivity index (χ1) is 11.6. The fourth-order valence-electron chi connectivity index (χ4n) is 4.26. The van der Waals surface area contributed by atoms with Gasteiger partial charge in [0.05, 0.1) is 6.10 Å². The zero-order chi connectivity index (χ0) is 17.1. The van der Waals surface area contributed by atoms with Gasteiger partial charge in [0.2, 0.25) is 5.91 Å². The first kappa shape index (κ1) is 17.3. The minimum Gasteiger partial charge on any atom is -0.393 e. The third-order valence-electron chi connectivity index (χ3n) is 5.54. The lowest BCUT2D eigenvalue weighted by Crippen LogP contribution is -2.42. The van der Waals surface area contributed by atoms with Crippen molar-refractivity contribution in [3.05, 3.63) is 29.8 Å². The Balaban J connectivity index is 1.62. The van der Waals surface area contributed by atoms with E-state index in [9.17, 15) is 9.90 Å². The molecule has 1 aromatic carbocycles. The summed E-state index contributed by atoms with van der Waals surface area (Å²) in [5.41, 5.74) is 2.70. The highest BCUT2D eigenvalue weighted by atomic mass is 16.3. The van der Waals surface area contributed by atoms with Crippen LogP contribution in [-0.2, 0) is 11.2 Å². The van der Waals surface area contributed by atoms with Crippen LogP contribution in [0.3, 0.4) is 0 Å². The van der Waals surface area contributed by atoms with E-state index in [4.69, 9.17) is 0 Å². The topological polar surface area (TPSA) is 43.8 Å². The second-order valence-electron chi connectivity index (χ2n) is 7.43. The molecule has 2 heterocycles. The molecule has 0 aromatic heterocycles. The lowest BCUT2D eigenvalue weighted by atomic mass is 9.96. The second kappa shape index (κ2) is 7.56. The van der Waals surface area contributed by atoms with E-state index in [2.05, 4.69) is 36.1 Å². The molecule has 1 N–H and O–H groups in total. The number of benzene rings is 1. The Morgan fingerprint density at radius 3 is 2.92 bits per heavy atom. The van der Waals surface area contributed by atoms with Crippen LogP contribution in [0.1, 0.15) is 51.5 Å². The zero-order valence-electron chi connectivity index (χ0n) is 14.9. The summed E-state index contributed by atoms with van der Waals surface area (Å²) < 4.78 is 0. The molecule has 4 heteroatoms. The van der Waals surface area contributed by atoms with Crippen LogP contribution in [-0.4, -0.2) is 47.2 Å². The maximum Gasteiger partial charge on any atom is 0.224 e. The normalized spacial score (nSPS) is 24.8. The lowest BCUT2D eigenvalue weighted by molar-refractivity contribution is -0.132. The quantitative estimate of drug-likeness (QED) is 0.903. The predicted molar refractivity (Wildman–Crippen MR) is 97.2 cm³/mol. The Morgan fingerprint density at radius 2 is 2.12 bits per heavy atom. The molecule has 1 amide bonds. The van der Waals surface area contributed by atoms with Gasteiger partial charge in [0.25, 0.3) is 0 Å². The average Bonchev–Trinajstić information content (AvgIpc) is 3.01. The summed E-state index contributed by atoms with van der Waals surface area (Å²) in [6.07, 6.45) is 5.30. The third kappa shape index (κ3) is 3.75. The SMILES string of the molecule is C[C@H](O)C[C@H]1CCCN1C(=O)CCN1c2ccccc2CC[C@H]1C. The molecule has 2 aliphatic rings. The number of aliphatic hydroxyl groups excluding tert-OH is 1. The van der Waals surface area contributed by atoms with Crippen LogP contribution in [0.5, 0.6) is 0 Å². The molecule has 0 spiro atoms. The van der Waals surface area contributed by atoms with Crippen LogP contribution >= 0.6 is 0 Å². The van der Waals surface area contributed by atoms with Gasteiger partial charge in [-0.1, -0.05) is 18.2 Å². The Labute approximate surface area is 145 Å². The van der Waals surface area contributed by atoms with Crippen LogP contribution in [0.25, 0.3) is 0 Å². The molecule has 4 nitrogen and oxygen atoms in total. The Kier molecular flexibility index (Phi) is 5.44. The van der Waals surface area contributed by atoms with Crippen molar-refractivity contribution in [3.8, 4) is 0 Å². The number of rotatable bonds is 5. The van der Waals surface area contributed by atoms with E-state index in [1.54, 1.807) is 0 Å². The molecule has 1 fully saturated rings. The van der Waals surface area contributed by atoms with E-state index in [0.29, 0.717) is 18.9 Å². The molecule has 1 aromatic rings. The van der Waals surface area contributed by atoms with Gasteiger partial charge in [-0.15, -0.1) is 0 Å². The van der Waals surface area contributed by atoms with Crippen LogP contribution in [0.2, 0.25) is 0 Å². The minimum atomic E-state index is -0.336. The molecule has 1 saturated heterocycles. The van der Waals surface area contributed by atoms with Gasteiger partial charge in [0.1, 0.15) is 0 Å². The fraction of sp³-hybridized carbons (Fsp3) is 0.650. The molecule has 3 atom stereocenters. The van der Waals surface area contributed by atoms with Crippen molar-refractivity contribution in [2.45, 2.75) is 70.6 Å². The van der Waals surface area contributed by atoms with Gasteiger partial charge in [0, 0.05) is 37.3 Å². The number of aryl methyl sites for hydroxylation is 1. The van der Waals surface area contributed by atoms with Gasteiger partial charge in [-0.05, 0) is 57.6 Å². The summed E-state index contributed by atoms with van der Waals surface area (Å²) in [5.74, 6) is 0.244. The number of amides is 1. The van der Waals surface area contributed by atoms with Crippen molar-refractivity contribution in [3.63, 3.8) is 0 Å². The minimum absolute atomic E-state index is 0.226. The molecule has 132 valence electrons. The number of hydrogen-bond donors (Lipinski definition) is 1. The molecule has 0 aliphatic carbocycles. The summed E-state index contributed by atoms with van der Waals surface area (Å²) in [7, 11) is 0. The van der Waals surface area contributed by atoms with Gasteiger partial charge >= 0.3 is 0 Å². The smallest absolute Gasteiger partial charge is 0.224 e. The molecule has 3 rings (SSSR count). The summed E-state index contributed by atoms with van der Waals surface area (Å²) in [6, 6.07) is 9.29. The summed E-state index contributed by atoms with van der Waals surface area (Å²) in [4.78, 5) is 17.1. The van der Waals surface area contributed by atoms with Gasteiger partial charge in [-0.3, -0.25) is 4.79 Å². The van der Waals surface area contributed by atoms with Crippen molar-refractivity contribution in [1.82, 2.24) is 4.90 Å². The number of hydrogen-bond acceptors (Lipinski definition) is 3. The number of nitrogens with zero attached hydrogens (tertiary/aromatic N) is 2. The summed E-state index contributed by atoms with van der Waals surface area (Å²) in [5, 5.41) is 9.64. The van der Waals surface area contributed by atoms with Crippen LogP contribution < -0.4 is 4.90 Å². The number of likely N-dealkylation sites (tertiary alicyclic amines) is 1. The van der Waals surface area contributed by atoms with E-state index >= 15 is 0 Å². The van der Waals surface area contributed by atoms with Gasteiger partial charge in [-0.25, -0.2) is 0 Å². The average molecular weight is 330 g/mol.